The van der Waals surface area contributed by atoms with Crippen molar-refractivity contribution in [1.82, 2.24) is 14.9 Å². The minimum Gasteiger partial charge on any atom is -0.389 e. The Balaban J connectivity index is 2.28. The molecule has 0 fully saturated rings. The van der Waals surface area contributed by atoms with E-state index in [4.69, 9.17) is 29.6 Å². The molecule has 0 spiro atoms. The lowest BCUT2D eigenvalue weighted by Crippen LogP contribution is -2.29. The first-order valence-corrected chi connectivity index (χ1v) is 6.80. The van der Waals surface area contributed by atoms with Gasteiger partial charge in [-0.2, -0.15) is 0 Å². The third-order valence-electron chi connectivity index (χ3n) is 3.30. The summed E-state index contributed by atoms with van der Waals surface area (Å²) in [7, 11) is 0. The molecule has 1 aliphatic rings. The fraction of sp³-hybridized carbons (Fsp3) is 0.231. The lowest BCUT2D eigenvalue weighted by Gasteiger charge is -2.19. The van der Waals surface area contributed by atoms with Gasteiger partial charge in [-0.25, -0.2) is 0 Å². The zero-order valence-electron chi connectivity index (χ0n) is 10.2. The number of nitrogens with two attached hydrogens (primary N) is 1. The zero-order chi connectivity index (χ0) is 13.4. The molecular weight excluding hydrogens is 280 g/mol. The maximum Gasteiger partial charge on any atom is 0.107 e. The van der Waals surface area contributed by atoms with Crippen LogP contribution in [0.3, 0.4) is 0 Å². The fourth-order valence-electron chi connectivity index (χ4n) is 2.50. The van der Waals surface area contributed by atoms with Gasteiger partial charge in [-0.1, -0.05) is 23.8 Å². The number of halogens is 1. The van der Waals surface area contributed by atoms with Crippen molar-refractivity contribution in [2.45, 2.75) is 13.1 Å². The van der Waals surface area contributed by atoms with Gasteiger partial charge >= 0.3 is 0 Å². The first kappa shape index (κ1) is 12.6. The van der Waals surface area contributed by atoms with Crippen molar-refractivity contribution in [3.05, 3.63) is 40.8 Å². The van der Waals surface area contributed by atoms with Gasteiger partial charge in [-0.3, -0.25) is 4.98 Å². The zero-order valence-corrected chi connectivity index (χ0v) is 11.8. The third kappa shape index (κ3) is 2.04. The van der Waals surface area contributed by atoms with Gasteiger partial charge in [0.25, 0.3) is 0 Å². The molecule has 2 aromatic heterocycles. The lowest BCUT2D eigenvalue weighted by atomic mass is 10.2. The molecule has 0 bridgehead atoms. The maximum atomic E-state index is 6.51. The van der Waals surface area contributed by atoms with E-state index in [1.165, 1.54) is 0 Å². The second-order valence-electron chi connectivity index (χ2n) is 4.42. The number of aromatic nitrogens is 2. The Kier molecular flexibility index (Phi) is 3.26. The number of hydrogen-bond acceptors (Lipinski definition) is 3. The summed E-state index contributed by atoms with van der Waals surface area (Å²) in [5.74, 6) is 0. The van der Waals surface area contributed by atoms with E-state index in [2.05, 4.69) is 14.9 Å². The Morgan fingerprint density at radius 3 is 3.05 bits per heavy atom. The van der Waals surface area contributed by atoms with Crippen LogP contribution >= 0.6 is 23.8 Å². The standard InChI is InChI=1S/C13H13ClN4S/c14-11-10(13(15)19)9-7-17-4-5-18(9)12(11)8-2-1-3-16-6-8/h1-3,6,17H,4-5,7H2,(H2,15,19). The van der Waals surface area contributed by atoms with E-state index < -0.39 is 0 Å². The number of hydrogen-bond donors (Lipinski definition) is 2. The summed E-state index contributed by atoms with van der Waals surface area (Å²) in [6, 6.07) is 3.89. The second-order valence-corrected chi connectivity index (χ2v) is 5.24. The topological polar surface area (TPSA) is 55.9 Å². The normalized spacial score (nSPS) is 14.2. The molecule has 0 radical (unpaired) electrons. The molecule has 0 atom stereocenters. The Hall–Kier alpha value is -1.43. The Morgan fingerprint density at radius 2 is 2.37 bits per heavy atom. The quantitative estimate of drug-likeness (QED) is 0.831. The lowest BCUT2D eigenvalue weighted by molar-refractivity contribution is 0.519. The summed E-state index contributed by atoms with van der Waals surface area (Å²) in [5, 5.41) is 3.94. The first-order valence-electron chi connectivity index (χ1n) is 6.02. The van der Waals surface area contributed by atoms with Gasteiger partial charge < -0.3 is 15.6 Å². The van der Waals surface area contributed by atoms with E-state index >= 15 is 0 Å². The first-order chi connectivity index (χ1) is 9.20. The van der Waals surface area contributed by atoms with Gasteiger partial charge in [0.1, 0.15) is 4.99 Å². The van der Waals surface area contributed by atoms with Crippen LogP contribution in [0.1, 0.15) is 11.3 Å². The molecule has 0 saturated heterocycles. The van der Waals surface area contributed by atoms with Crippen molar-refractivity contribution in [2.24, 2.45) is 5.73 Å². The average Bonchev–Trinajstić information content (AvgIpc) is 2.71. The highest BCUT2D eigenvalue weighted by Crippen LogP contribution is 2.36. The molecule has 0 unspecified atom stereocenters. The van der Waals surface area contributed by atoms with Crippen LogP contribution in [-0.4, -0.2) is 21.1 Å². The van der Waals surface area contributed by atoms with Crippen molar-refractivity contribution >= 4 is 28.8 Å². The van der Waals surface area contributed by atoms with Gasteiger partial charge in [-0.05, 0) is 12.1 Å². The Labute approximate surface area is 121 Å². The molecule has 4 nitrogen and oxygen atoms in total. The SMILES string of the molecule is NC(=S)c1c(Cl)c(-c2cccnc2)n2c1CNCC2. The molecule has 0 saturated carbocycles. The predicted octanol–water partition coefficient (Wildman–Crippen LogP) is 1.94. The van der Waals surface area contributed by atoms with E-state index in [0.717, 1.165) is 42.1 Å². The molecule has 6 heteroatoms. The van der Waals surface area contributed by atoms with E-state index in [9.17, 15) is 0 Å². The van der Waals surface area contributed by atoms with Crippen LogP contribution in [0.2, 0.25) is 5.02 Å². The smallest absolute Gasteiger partial charge is 0.107 e. The summed E-state index contributed by atoms with van der Waals surface area (Å²) in [5.41, 5.74) is 9.60. The molecule has 98 valence electrons. The summed E-state index contributed by atoms with van der Waals surface area (Å²) in [6.07, 6.45) is 3.55. The van der Waals surface area contributed by atoms with Crippen molar-refractivity contribution in [3.63, 3.8) is 0 Å². The molecule has 3 heterocycles. The highest BCUT2D eigenvalue weighted by atomic mass is 35.5. The monoisotopic (exact) mass is 292 g/mol. The number of pyridine rings is 1. The van der Waals surface area contributed by atoms with Gasteiger partial charge in [0, 0.05) is 43.3 Å². The highest BCUT2D eigenvalue weighted by Gasteiger charge is 2.25. The molecule has 2 aromatic rings. The minimum absolute atomic E-state index is 0.340. The minimum atomic E-state index is 0.340. The molecule has 19 heavy (non-hydrogen) atoms. The van der Waals surface area contributed by atoms with E-state index in [0.29, 0.717) is 10.0 Å². The number of fused-ring (bicyclic) bond motifs is 1. The van der Waals surface area contributed by atoms with Crippen molar-refractivity contribution < 1.29 is 0 Å². The van der Waals surface area contributed by atoms with Gasteiger partial charge in [0.15, 0.2) is 0 Å². The number of thiocarbonyl (C=S) groups is 1. The molecule has 0 aliphatic carbocycles. The van der Waals surface area contributed by atoms with Gasteiger partial charge in [0.2, 0.25) is 0 Å². The van der Waals surface area contributed by atoms with Crippen molar-refractivity contribution in [3.8, 4) is 11.3 Å². The van der Waals surface area contributed by atoms with E-state index in [-0.39, 0.29) is 0 Å². The average molecular weight is 293 g/mol. The van der Waals surface area contributed by atoms with Crippen LogP contribution in [0.25, 0.3) is 11.3 Å². The fourth-order valence-corrected chi connectivity index (χ4v) is 3.20. The third-order valence-corrected chi connectivity index (χ3v) is 3.87. The summed E-state index contributed by atoms with van der Waals surface area (Å²) in [6.45, 7) is 2.48. The molecule has 3 N–H and O–H groups in total. The Bertz CT molecular complexity index is 636. The number of rotatable bonds is 2. The maximum absolute atomic E-state index is 6.51. The van der Waals surface area contributed by atoms with Gasteiger partial charge in [-0.15, -0.1) is 0 Å². The largest absolute Gasteiger partial charge is 0.389 e. The molecule has 1 aliphatic heterocycles. The van der Waals surface area contributed by atoms with Crippen molar-refractivity contribution in [2.75, 3.05) is 6.54 Å². The number of nitrogens with one attached hydrogen (secondary N) is 1. The van der Waals surface area contributed by atoms with Gasteiger partial charge in [0.05, 0.1) is 16.3 Å². The van der Waals surface area contributed by atoms with Crippen LogP contribution in [0, 0.1) is 0 Å². The number of nitrogens with zero attached hydrogens (tertiary/aromatic N) is 2. The van der Waals surface area contributed by atoms with Crippen LogP contribution in [0.4, 0.5) is 0 Å². The highest BCUT2D eigenvalue weighted by molar-refractivity contribution is 7.80. The van der Waals surface area contributed by atoms with Crippen LogP contribution < -0.4 is 11.1 Å². The van der Waals surface area contributed by atoms with E-state index in [1.807, 2.05) is 12.1 Å². The molecule has 3 rings (SSSR count). The van der Waals surface area contributed by atoms with Crippen molar-refractivity contribution in [1.29, 1.82) is 0 Å². The summed E-state index contributed by atoms with van der Waals surface area (Å²) in [4.78, 5) is 4.49. The molecule has 0 amide bonds. The molecular formula is C13H13ClN4S. The van der Waals surface area contributed by atoms with Crippen LogP contribution in [0.15, 0.2) is 24.5 Å². The van der Waals surface area contributed by atoms with Crippen LogP contribution in [0.5, 0.6) is 0 Å². The Morgan fingerprint density at radius 1 is 1.53 bits per heavy atom. The summed E-state index contributed by atoms with van der Waals surface area (Å²) >= 11 is 11.6. The van der Waals surface area contributed by atoms with E-state index in [1.54, 1.807) is 12.4 Å². The molecule has 0 aromatic carbocycles. The second kappa shape index (κ2) is 4.92. The summed E-state index contributed by atoms with van der Waals surface area (Å²) < 4.78 is 2.18. The predicted molar refractivity (Wildman–Crippen MR) is 80.3 cm³/mol. The van der Waals surface area contributed by atoms with Crippen LogP contribution in [-0.2, 0) is 13.1 Å².